The van der Waals surface area contributed by atoms with E-state index in [9.17, 15) is 12.8 Å². The lowest BCUT2D eigenvalue weighted by molar-refractivity contribution is 0.326. The molecule has 3 aromatic carbocycles. The number of aryl methyl sites for hydroxylation is 1. The Labute approximate surface area is 217 Å². The van der Waals surface area contributed by atoms with E-state index in [1.54, 1.807) is 0 Å². The molecule has 0 saturated carbocycles. The van der Waals surface area contributed by atoms with Gasteiger partial charge in [0.15, 0.2) is 0 Å². The number of anilines is 2. The molecule has 5 nitrogen and oxygen atoms in total. The van der Waals surface area contributed by atoms with Crippen molar-refractivity contribution in [3.8, 4) is 11.3 Å². The van der Waals surface area contributed by atoms with Crippen LogP contribution in [0.2, 0.25) is 0 Å². The largest absolute Gasteiger partial charge is 0.340 e. The van der Waals surface area contributed by atoms with Gasteiger partial charge < -0.3 is 5.32 Å². The third kappa shape index (κ3) is 5.73. The zero-order chi connectivity index (χ0) is 26.0. The van der Waals surface area contributed by atoms with Gasteiger partial charge in [0.25, 0.3) is 10.1 Å². The number of pyridine rings is 1. The van der Waals surface area contributed by atoms with E-state index in [0.29, 0.717) is 6.42 Å². The van der Waals surface area contributed by atoms with Gasteiger partial charge >= 0.3 is 0 Å². The number of benzene rings is 3. The average Bonchev–Trinajstić information content (AvgIpc) is 2.89. The zero-order valence-corrected chi connectivity index (χ0v) is 21.7. The van der Waals surface area contributed by atoms with Crippen molar-refractivity contribution in [2.75, 3.05) is 18.2 Å². The van der Waals surface area contributed by atoms with E-state index in [0.717, 1.165) is 58.6 Å². The van der Waals surface area contributed by atoms with Gasteiger partial charge in [0.05, 0.1) is 18.6 Å². The van der Waals surface area contributed by atoms with E-state index in [4.69, 9.17) is 9.17 Å². The summed E-state index contributed by atoms with van der Waals surface area (Å²) in [5.41, 5.74) is 8.59. The number of halogens is 1. The van der Waals surface area contributed by atoms with Crippen LogP contribution in [-0.2, 0) is 33.6 Å². The summed E-state index contributed by atoms with van der Waals surface area (Å²) in [6.45, 7) is 2.24. The molecule has 1 aliphatic rings. The summed E-state index contributed by atoms with van der Waals surface area (Å²) in [4.78, 5) is 5.10. The summed E-state index contributed by atoms with van der Waals surface area (Å²) in [5.74, 6) is 0.743. The van der Waals surface area contributed by atoms with Crippen molar-refractivity contribution in [2.24, 2.45) is 0 Å². The number of nitrogens with zero attached hydrogens (tertiary/aromatic N) is 1. The van der Waals surface area contributed by atoms with Gasteiger partial charge in [0, 0.05) is 17.2 Å². The van der Waals surface area contributed by atoms with Crippen LogP contribution in [0.3, 0.4) is 0 Å². The number of fused-ring (bicyclic) bond motifs is 3. The Morgan fingerprint density at radius 2 is 1.76 bits per heavy atom. The number of rotatable bonds is 8. The summed E-state index contributed by atoms with van der Waals surface area (Å²) < 4.78 is 40.8. The highest BCUT2D eigenvalue weighted by atomic mass is 32.2. The van der Waals surface area contributed by atoms with E-state index in [1.165, 1.54) is 23.3 Å². The van der Waals surface area contributed by atoms with Gasteiger partial charge in [-0.2, -0.15) is 8.42 Å². The molecule has 4 aromatic rings. The first kappa shape index (κ1) is 25.1. The third-order valence-electron chi connectivity index (χ3n) is 6.75. The second-order valence-electron chi connectivity index (χ2n) is 9.35. The normalized spacial score (nSPS) is 14.6. The molecule has 5 rings (SSSR count). The molecule has 1 aliphatic carbocycles. The summed E-state index contributed by atoms with van der Waals surface area (Å²) in [6, 6.07) is 25.2. The van der Waals surface area contributed by atoms with Crippen molar-refractivity contribution in [1.82, 2.24) is 4.98 Å². The molecular formula is C30H29FN2O3S. The van der Waals surface area contributed by atoms with Crippen LogP contribution in [0.15, 0.2) is 78.9 Å². The molecule has 1 aromatic heterocycles. The minimum atomic E-state index is -3.44. The van der Waals surface area contributed by atoms with Crippen molar-refractivity contribution in [3.63, 3.8) is 0 Å². The summed E-state index contributed by atoms with van der Waals surface area (Å²) >= 11 is 0. The predicted octanol–water partition coefficient (Wildman–Crippen LogP) is 6.40. The Bertz CT molecular complexity index is 1520. The van der Waals surface area contributed by atoms with Gasteiger partial charge in [-0.25, -0.2) is 9.37 Å². The maximum Gasteiger partial charge on any atom is 0.264 e. The maximum atomic E-state index is 13.6. The van der Waals surface area contributed by atoms with Crippen molar-refractivity contribution < 1.29 is 17.0 Å². The van der Waals surface area contributed by atoms with E-state index >= 15 is 0 Å². The van der Waals surface area contributed by atoms with E-state index in [-0.39, 0.29) is 18.3 Å². The fourth-order valence-corrected chi connectivity index (χ4v) is 5.30. The van der Waals surface area contributed by atoms with Crippen LogP contribution in [0.4, 0.5) is 15.9 Å². The van der Waals surface area contributed by atoms with Crippen LogP contribution in [0.25, 0.3) is 11.3 Å². The van der Waals surface area contributed by atoms with Crippen LogP contribution in [0, 0.1) is 5.82 Å². The zero-order valence-electron chi connectivity index (χ0n) is 20.9. The van der Waals surface area contributed by atoms with Crippen molar-refractivity contribution in [2.45, 2.75) is 32.1 Å². The van der Waals surface area contributed by atoms with Crippen LogP contribution < -0.4 is 5.32 Å². The highest BCUT2D eigenvalue weighted by Gasteiger charge is 2.28. The van der Waals surface area contributed by atoms with E-state index < -0.39 is 10.1 Å². The third-order valence-corrected chi connectivity index (χ3v) is 7.35. The Balaban J connectivity index is 1.42. The SMILES string of the molecule is CCc1cc2c(nc1Nc1ccc(CCOS(C)(=O)=O)cc1)-c1ccccc1C(c1ccc(F)cc1)C2. The Kier molecular flexibility index (Phi) is 7.09. The van der Waals surface area contributed by atoms with E-state index in [2.05, 4.69) is 30.4 Å². The lowest BCUT2D eigenvalue weighted by atomic mass is 9.77. The quantitative estimate of drug-likeness (QED) is 0.275. The standard InChI is InChI=1S/C30H29FN2O3S/c1-3-21-18-23-19-28(22-10-12-24(31)13-11-22)26-6-4-5-7-27(26)29(23)33-30(21)32-25-14-8-20(9-15-25)16-17-36-37(2,34)35/h4-15,18,28H,3,16-17,19H2,1-2H3,(H,32,33). The Hall–Kier alpha value is -3.55. The number of nitrogens with one attached hydrogen (secondary N) is 1. The van der Waals surface area contributed by atoms with Crippen molar-refractivity contribution in [3.05, 3.63) is 112 Å². The minimum absolute atomic E-state index is 0.121. The van der Waals surface area contributed by atoms with Gasteiger partial charge in [-0.1, -0.05) is 55.5 Å². The molecule has 0 bridgehead atoms. The molecule has 0 aliphatic heterocycles. The molecule has 1 heterocycles. The summed E-state index contributed by atoms with van der Waals surface area (Å²) in [6.07, 6.45) is 3.20. The first-order valence-corrected chi connectivity index (χ1v) is 14.2. The topological polar surface area (TPSA) is 68.3 Å². The van der Waals surface area contributed by atoms with Crippen molar-refractivity contribution >= 4 is 21.6 Å². The van der Waals surface area contributed by atoms with Crippen molar-refractivity contribution in [1.29, 1.82) is 0 Å². The monoisotopic (exact) mass is 516 g/mol. The molecule has 0 saturated heterocycles. The van der Waals surface area contributed by atoms with Gasteiger partial charge in [0.1, 0.15) is 11.6 Å². The number of aromatic nitrogens is 1. The minimum Gasteiger partial charge on any atom is -0.340 e. The van der Waals surface area contributed by atoms with Crippen LogP contribution in [0.5, 0.6) is 0 Å². The summed E-state index contributed by atoms with van der Waals surface area (Å²) in [7, 11) is -3.44. The highest BCUT2D eigenvalue weighted by molar-refractivity contribution is 7.85. The molecule has 7 heteroatoms. The fraction of sp³-hybridized carbons (Fsp3) is 0.233. The molecule has 1 unspecified atom stereocenters. The first-order valence-electron chi connectivity index (χ1n) is 12.4. The predicted molar refractivity (Wildman–Crippen MR) is 145 cm³/mol. The highest BCUT2D eigenvalue weighted by Crippen LogP contribution is 2.43. The first-order chi connectivity index (χ1) is 17.8. The maximum absolute atomic E-state index is 13.6. The summed E-state index contributed by atoms with van der Waals surface area (Å²) in [5, 5.41) is 3.48. The van der Waals surface area contributed by atoms with Crippen LogP contribution in [0.1, 0.15) is 40.7 Å². The second kappa shape index (κ2) is 10.4. The fourth-order valence-electron chi connectivity index (χ4n) is 4.91. The van der Waals surface area contributed by atoms with Gasteiger partial charge in [0.2, 0.25) is 0 Å². The molecule has 190 valence electrons. The Morgan fingerprint density at radius 1 is 1.03 bits per heavy atom. The molecule has 37 heavy (non-hydrogen) atoms. The van der Waals surface area contributed by atoms with Crippen LogP contribution >= 0.6 is 0 Å². The van der Waals surface area contributed by atoms with E-state index in [1.807, 2.05) is 48.5 Å². The van der Waals surface area contributed by atoms with Gasteiger partial charge in [-0.15, -0.1) is 0 Å². The molecule has 1 N–H and O–H groups in total. The molecule has 0 spiro atoms. The second-order valence-corrected chi connectivity index (χ2v) is 11.0. The number of hydrogen-bond donors (Lipinski definition) is 1. The van der Waals surface area contributed by atoms with Gasteiger partial charge in [-0.05, 0) is 77.4 Å². The lowest BCUT2D eigenvalue weighted by Gasteiger charge is -2.29. The number of hydrogen-bond acceptors (Lipinski definition) is 5. The lowest BCUT2D eigenvalue weighted by Crippen LogP contribution is -2.15. The molecule has 0 amide bonds. The molecule has 0 radical (unpaired) electrons. The smallest absolute Gasteiger partial charge is 0.264 e. The molecule has 1 atom stereocenters. The molecule has 0 fully saturated rings. The average molecular weight is 517 g/mol. The van der Waals surface area contributed by atoms with Gasteiger partial charge in [-0.3, -0.25) is 4.18 Å². The van der Waals surface area contributed by atoms with Crippen LogP contribution in [-0.4, -0.2) is 26.3 Å². The Morgan fingerprint density at radius 3 is 2.46 bits per heavy atom. The molecular weight excluding hydrogens is 487 g/mol.